The summed E-state index contributed by atoms with van der Waals surface area (Å²) in [6, 6.07) is 9.98. The van der Waals surface area contributed by atoms with E-state index in [1.807, 2.05) is 49.2 Å². The van der Waals surface area contributed by atoms with Crippen LogP contribution in [-0.4, -0.2) is 55.0 Å². The Hall–Kier alpha value is -2.08. The molecule has 0 saturated carbocycles. The van der Waals surface area contributed by atoms with Crippen molar-refractivity contribution in [2.75, 3.05) is 33.2 Å². The molecule has 6 heteroatoms. The van der Waals surface area contributed by atoms with Gasteiger partial charge in [0.05, 0.1) is 0 Å². The van der Waals surface area contributed by atoms with Crippen LogP contribution < -0.4 is 11.1 Å². The molecule has 0 spiro atoms. The van der Waals surface area contributed by atoms with Crippen molar-refractivity contribution in [3.8, 4) is 0 Å². The van der Waals surface area contributed by atoms with Crippen molar-refractivity contribution in [2.24, 2.45) is 17.6 Å². The van der Waals surface area contributed by atoms with E-state index in [1.165, 1.54) is 0 Å². The zero-order chi connectivity index (χ0) is 18.2. The fourth-order valence-electron chi connectivity index (χ4n) is 3.00. The summed E-state index contributed by atoms with van der Waals surface area (Å²) in [5.74, 6) is 0.371. The fraction of sp³-hybridized carbons (Fsp3) is 0.579. The molecule has 3 N–H and O–H groups in total. The number of likely N-dealkylation sites (tertiary alicyclic amines) is 1. The first-order valence-electron chi connectivity index (χ1n) is 9.03. The van der Waals surface area contributed by atoms with Gasteiger partial charge in [0.1, 0.15) is 0 Å². The first kappa shape index (κ1) is 19.2. The van der Waals surface area contributed by atoms with Gasteiger partial charge in [-0.15, -0.1) is 0 Å². The smallest absolute Gasteiger partial charge is 0.320 e. The molecule has 1 aliphatic heterocycles. The number of hydrogen-bond acceptors (Lipinski definition) is 3. The van der Waals surface area contributed by atoms with Crippen LogP contribution in [0.1, 0.15) is 25.3 Å². The van der Waals surface area contributed by atoms with Gasteiger partial charge < -0.3 is 20.9 Å². The molecule has 1 heterocycles. The van der Waals surface area contributed by atoms with Crippen molar-refractivity contribution < 1.29 is 9.59 Å². The van der Waals surface area contributed by atoms with Crippen molar-refractivity contribution in [1.82, 2.24) is 15.1 Å². The third-order valence-corrected chi connectivity index (χ3v) is 4.75. The fourth-order valence-corrected chi connectivity index (χ4v) is 3.00. The van der Waals surface area contributed by atoms with E-state index in [0.29, 0.717) is 45.6 Å². The standard InChI is InChI=1S/C19H30N4O2/c1-15(12-20)13-21-18(24)17-8-10-23(11-9-17)19(25)22(2)14-16-6-4-3-5-7-16/h3-7,15,17H,8-14,20H2,1-2H3,(H,21,24). The van der Waals surface area contributed by atoms with Crippen LogP contribution in [0.25, 0.3) is 0 Å². The van der Waals surface area contributed by atoms with Gasteiger partial charge in [-0.2, -0.15) is 0 Å². The maximum absolute atomic E-state index is 12.6. The van der Waals surface area contributed by atoms with Gasteiger partial charge in [0.15, 0.2) is 0 Å². The number of nitrogens with one attached hydrogen (secondary N) is 1. The van der Waals surface area contributed by atoms with E-state index in [-0.39, 0.29) is 23.8 Å². The average Bonchev–Trinajstić information content (AvgIpc) is 2.66. The third kappa shape index (κ3) is 5.74. The summed E-state index contributed by atoms with van der Waals surface area (Å²) in [5, 5.41) is 2.97. The highest BCUT2D eigenvalue weighted by Gasteiger charge is 2.28. The summed E-state index contributed by atoms with van der Waals surface area (Å²) in [7, 11) is 1.82. The van der Waals surface area contributed by atoms with Gasteiger partial charge in [0.2, 0.25) is 5.91 Å². The summed E-state index contributed by atoms with van der Waals surface area (Å²) < 4.78 is 0. The molecule has 1 fully saturated rings. The van der Waals surface area contributed by atoms with Crippen molar-refractivity contribution >= 4 is 11.9 Å². The van der Waals surface area contributed by atoms with E-state index in [0.717, 1.165) is 5.56 Å². The summed E-state index contributed by atoms with van der Waals surface area (Å²) in [6.07, 6.45) is 1.43. The van der Waals surface area contributed by atoms with E-state index in [1.54, 1.807) is 4.90 Å². The number of amides is 3. The minimum atomic E-state index is -0.00606. The summed E-state index contributed by atoms with van der Waals surface area (Å²) >= 11 is 0. The Kier molecular flexibility index (Phi) is 7.25. The first-order chi connectivity index (χ1) is 12.0. The van der Waals surface area contributed by atoms with E-state index >= 15 is 0 Å². The molecule has 6 nitrogen and oxygen atoms in total. The Morgan fingerprint density at radius 3 is 2.52 bits per heavy atom. The lowest BCUT2D eigenvalue weighted by Crippen LogP contribution is -2.47. The molecule has 25 heavy (non-hydrogen) atoms. The summed E-state index contributed by atoms with van der Waals surface area (Å²) in [4.78, 5) is 28.4. The van der Waals surface area contributed by atoms with E-state index in [9.17, 15) is 9.59 Å². The van der Waals surface area contributed by atoms with Crippen LogP contribution in [0, 0.1) is 11.8 Å². The molecular weight excluding hydrogens is 316 g/mol. The van der Waals surface area contributed by atoms with Crippen LogP contribution in [0.15, 0.2) is 30.3 Å². The highest BCUT2D eigenvalue weighted by atomic mass is 16.2. The SMILES string of the molecule is CC(CN)CNC(=O)C1CCN(C(=O)N(C)Cc2ccccc2)CC1. The molecule has 138 valence electrons. The van der Waals surface area contributed by atoms with E-state index in [2.05, 4.69) is 5.32 Å². The quantitative estimate of drug-likeness (QED) is 0.822. The highest BCUT2D eigenvalue weighted by molar-refractivity contribution is 5.79. The van der Waals surface area contributed by atoms with Crippen LogP contribution >= 0.6 is 0 Å². The molecule has 1 unspecified atom stereocenters. The number of carbonyl (C=O) groups excluding carboxylic acids is 2. The Balaban J connectivity index is 1.77. The second-order valence-electron chi connectivity index (χ2n) is 6.97. The minimum Gasteiger partial charge on any atom is -0.356 e. The molecular formula is C19H30N4O2. The number of piperidine rings is 1. The van der Waals surface area contributed by atoms with Crippen LogP contribution in [0.4, 0.5) is 4.79 Å². The molecule has 1 aromatic rings. The van der Waals surface area contributed by atoms with Gasteiger partial charge in [-0.3, -0.25) is 4.79 Å². The average molecular weight is 346 g/mol. The predicted octanol–water partition coefficient (Wildman–Crippen LogP) is 1.66. The zero-order valence-electron chi connectivity index (χ0n) is 15.3. The minimum absolute atomic E-state index is 0.00606. The molecule has 0 aliphatic carbocycles. The normalized spacial score (nSPS) is 16.4. The van der Waals surface area contributed by atoms with E-state index in [4.69, 9.17) is 5.73 Å². The Labute approximate surface area is 150 Å². The maximum Gasteiger partial charge on any atom is 0.320 e. The third-order valence-electron chi connectivity index (χ3n) is 4.75. The number of nitrogens with two attached hydrogens (primary N) is 1. The lowest BCUT2D eigenvalue weighted by atomic mass is 9.96. The number of nitrogens with zero attached hydrogens (tertiary/aromatic N) is 2. The Bertz CT molecular complexity index is 556. The number of carbonyl (C=O) groups is 2. The molecule has 0 radical (unpaired) electrons. The second kappa shape index (κ2) is 9.42. The van der Waals surface area contributed by atoms with Crippen LogP contribution in [-0.2, 0) is 11.3 Å². The number of hydrogen-bond donors (Lipinski definition) is 2. The number of rotatable bonds is 6. The first-order valence-corrected chi connectivity index (χ1v) is 9.03. The molecule has 3 amide bonds. The van der Waals surface area contributed by atoms with Gasteiger partial charge >= 0.3 is 6.03 Å². The molecule has 1 aromatic carbocycles. The zero-order valence-corrected chi connectivity index (χ0v) is 15.3. The van der Waals surface area contributed by atoms with Gasteiger partial charge in [-0.25, -0.2) is 4.79 Å². The van der Waals surface area contributed by atoms with Crippen molar-refractivity contribution in [3.63, 3.8) is 0 Å². The van der Waals surface area contributed by atoms with E-state index < -0.39 is 0 Å². The van der Waals surface area contributed by atoms with Gasteiger partial charge in [0, 0.05) is 39.1 Å². The highest BCUT2D eigenvalue weighted by Crippen LogP contribution is 2.19. The second-order valence-corrected chi connectivity index (χ2v) is 6.97. The van der Waals surface area contributed by atoms with Gasteiger partial charge in [-0.1, -0.05) is 37.3 Å². The topological polar surface area (TPSA) is 78.7 Å². The van der Waals surface area contributed by atoms with Crippen LogP contribution in [0.5, 0.6) is 0 Å². The van der Waals surface area contributed by atoms with Gasteiger partial charge in [-0.05, 0) is 30.9 Å². The Morgan fingerprint density at radius 1 is 1.28 bits per heavy atom. The monoisotopic (exact) mass is 346 g/mol. The van der Waals surface area contributed by atoms with Crippen LogP contribution in [0.2, 0.25) is 0 Å². The maximum atomic E-state index is 12.6. The molecule has 1 aliphatic rings. The molecule has 1 saturated heterocycles. The summed E-state index contributed by atoms with van der Waals surface area (Å²) in [6.45, 7) is 5.06. The van der Waals surface area contributed by atoms with Crippen LogP contribution in [0.3, 0.4) is 0 Å². The lowest BCUT2D eigenvalue weighted by Gasteiger charge is -2.34. The van der Waals surface area contributed by atoms with Gasteiger partial charge in [0.25, 0.3) is 0 Å². The predicted molar refractivity (Wildman–Crippen MR) is 98.8 cm³/mol. The largest absolute Gasteiger partial charge is 0.356 e. The van der Waals surface area contributed by atoms with Crippen molar-refractivity contribution in [3.05, 3.63) is 35.9 Å². The molecule has 1 atom stereocenters. The summed E-state index contributed by atoms with van der Waals surface area (Å²) in [5.41, 5.74) is 6.68. The van der Waals surface area contributed by atoms with Crippen molar-refractivity contribution in [2.45, 2.75) is 26.3 Å². The number of urea groups is 1. The molecule has 0 aromatic heterocycles. The number of benzene rings is 1. The molecule has 0 bridgehead atoms. The molecule has 2 rings (SSSR count). The lowest BCUT2D eigenvalue weighted by molar-refractivity contribution is -0.126. The Morgan fingerprint density at radius 2 is 1.92 bits per heavy atom. The van der Waals surface area contributed by atoms with Crippen molar-refractivity contribution in [1.29, 1.82) is 0 Å².